The van der Waals surface area contributed by atoms with Gasteiger partial charge in [-0.05, 0) is 70.6 Å². The smallest absolute Gasteiger partial charge is 0.387 e. The lowest BCUT2D eigenvalue weighted by atomic mass is 10.0. The van der Waals surface area contributed by atoms with Gasteiger partial charge in [-0.1, -0.05) is 236 Å². The molecule has 0 bridgehead atoms. The molecule has 0 aliphatic heterocycles. The van der Waals surface area contributed by atoms with E-state index in [0.29, 0.717) is 17.4 Å². The molecule has 9 heteroatoms. The normalized spacial score (nSPS) is 14.3. The van der Waals surface area contributed by atoms with Crippen LogP contribution in [0.2, 0.25) is 0 Å². The summed E-state index contributed by atoms with van der Waals surface area (Å²) < 4.78 is 23.6. The van der Waals surface area contributed by atoms with Crippen molar-refractivity contribution in [2.45, 2.75) is 276 Å². The lowest BCUT2D eigenvalue weighted by Crippen LogP contribution is -2.45. The third-order valence-corrected chi connectivity index (χ3v) is 13.7. The number of hydrogen-bond acceptors (Lipinski definition) is 5. The molecule has 0 saturated heterocycles. The van der Waals surface area contributed by atoms with E-state index in [1.54, 1.807) is 6.08 Å². The molecule has 67 heavy (non-hydrogen) atoms. The molecule has 3 N–H and O–H groups in total. The van der Waals surface area contributed by atoms with E-state index in [1.807, 2.05) is 27.2 Å². The van der Waals surface area contributed by atoms with Crippen LogP contribution in [0.1, 0.15) is 264 Å². The lowest BCUT2D eigenvalue weighted by Gasteiger charge is -2.25. The van der Waals surface area contributed by atoms with Gasteiger partial charge >= 0.3 is 7.82 Å². The fraction of sp³-hybridized carbons (Fsp3) is 0.845. The van der Waals surface area contributed by atoms with Crippen LogP contribution in [-0.2, 0) is 18.4 Å². The summed E-state index contributed by atoms with van der Waals surface area (Å²) in [6.45, 7) is 4.77. The van der Waals surface area contributed by atoms with Gasteiger partial charge < -0.3 is 19.8 Å². The molecule has 8 nitrogen and oxygen atoms in total. The Balaban J connectivity index is 4.04. The van der Waals surface area contributed by atoms with Crippen LogP contribution < -0.4 is 5.32 Å². The topological polar surface area (TPSA) is 105 Å². The predicted molar refractivity (Wildman–Crippen MR) is 291 cm³/mol. The van der Waals surface area contributed by atoms with E-state index in [0.717, 1.165) is 51.4 Å². The molecule has 0 aromatic rings. The molecule has 0 spiro atoms. The Labute approximate surface area is 416 Å². The van der Waals surface area contributed by atoms with Gasteiger partial charge in [-0.3, -0.25) is 13.8 Å². The van der Waals surface area contributed by atoms with Gasteiger partial charge in [0.25, 0.3) is 0 Å². The van der Waals surface area contributed by atoms with Gasteiger partial charge in [0.05, 0.1) is 39.9 Å². The predicted octanol–water partition coefficient (Wildman–Crippen LogP) is 17.2. The van der Waals surface area contributed by atoms with E-state index >= 15 is 0 Å². The van der Waals surface area contributed by atoms with Crippen LogP contribution in [0.3, 0.4) is 0 Å². The minimum atomic E-state index is -4.35. The zero-order chi connectivity index (χ0) is 49.2. The Morgan fingerprint density at radius 1 is 0.493 bits per heavy atom. The number of aliphatic hydroxyl groups excluding tert-OH is 1. The van der Waals surface area contributed by atoms with Gasteiger partial charge in [-0.2, -0.15) is 0 Å². The average molecular weight is 965 g/mol. The molecule has 0 rings (SSSR count). The summed E-state index contributed by atoms with van der Waals surface area (Å²) in [5.41, 5.74) is 0. The highest BCUT2D eigenvalue weighted by atomic mass is 31.2. The van der Waals surface area contributed by atoms with Gasteiger partial charge in [-0.15, -0.1) is 0 Å². The van der Waals surface area contributed by atoms with Crippen LogP contribution >= 0.6 is 7.82 Å². The molecule has 0 aliphatic carbocycles. The second-order valence-electron chi connectivity index (χ2n) is 20.6. The van der Waals surface area contributed by atoms with Gasteiger partial charge in [0.2, 0.25) is 5.91 Å². The largest absolute Gasteiger partial charge is 0.472 e. The summed E-state index contributed by atoms with van der Waals surface area (Å²) >= 11 is 0. The number of aliphatic hydroxyl groups is 1. The van der Waals surface area contributed by atoms with E-state index in [-0.39, 0.29) is 19.1 Å². The van der Waals surface area contributed by atoms with Crippen molar-refractivity contribution >= 4 is 13.7 Å². The molecule has 3 atom stereocenters. The second-order valence-corrected chi connectivity index (χ2v) is 22.1. The van der Waals surface area contributed by atoms with Crippen LogP contribution in [0.15, 0.2) is 48.6 Å². The Bertz CT molecular complexity index is 1230. The second kappa shape index (κ2) is 49.4. The molecule has 0 heterocycles. The third-order valence-electron chi connectivity index (χ3n) is 12.7. The number of allylic oxidation sites excluding steroid dienone is 7. The van der Waals surface area contributed by atoms with Gasteiger partial charge in [-0.25, -0.2) is 4.57 Å². The number of phosphoric ester groups is 1. The average Bonchev–Trinajstić information content (AvgIpc) is 3.29. The molecule has 0 fully saturated rings. The number of unbranched alkanes of at least 4 members (excludes halogenated alkanes) is 33. The first-order chi connectivity index (χ1) is 32.5. The summed E-state index contributed by atoms with van der Waals surface area (Å²) in [6, 6.07) is -0.868. The maximum atomic E-state index is 12.9. The van der Waals surface area contributed by atoms with Crippen molar-refractivity contribution in [1.29, 1.82) is 0 Å². The molecule has 1 amide bonds. The Morgan fingerprint density at radius 2 is 0.821 bits per heavy atom. The molecule has 0 aromatic heterocycles. The van der Waals surface area contributed by atoms with Crippen LogP contribution in [0, 0.1) is 0 Å². The van der Waals surface area contributed by atoms with Crippen molar-refractivity contribution in [2.24, 2.45) is 0 Å². The number of rotatable bonds is 52. The molecule has 3 unspecified atom stereocenters. The standard InChI is InChI=1S/C58H111N2O6P/c1-6-8-10-12-14-16-18-20-21-22-23-24-25-26-27-28-29-30-31-32-33-34-35-36-37-38-40-42-44-46-48-50-52-58(62)59-56(55-66-67(63,64)65-54-53-60(3,4)5)57(61)51-49-47-45-43-41-39-19-17-15-13-11-9-7-2/h15,17,26-27,41,43,49,51,56-57,61H,6-14,16,18-25,28-40,42,44-48,50,52-55H2,1-5H3,(H-,59,62,63,64)/p+1/b17-15+,27-26-,43-41+,51-49+. The van der Waals surface area contributed by atoms with E-state index in [2.05, 4.69) is 55.6 Å². The summed E-state index contributed by atoms with van der Waals surface area (Å²) in [4.78, 5) is 23.2. The van der Waals surface area contributed by atoms with E-state index in [9.17, 15) is 19.4 Å². The molecule has 0 aliphatic rings. The zero-order valence-corrected chi connectivity index (χ0v) is 45.8. The fourth-order valence-corrected chi connectivity index (χ4v) is 8.98. The van der Waals surface area contributed by atoms with Crippen LogP contribution in [-0.4, -0.2) is 73.4 Å². The number of amides is 1. The number of nitrogens with zero attached hydrogens (tertiary/aromatic N) is 1. The quantitative estimate of drug-likeness (QED) is 0.0243. The van der Waals surface area contributed by atoms with Crippen LogP contribution in [0.4, 0.5) is 0 Å². The Morgan fingerprint density at radius 3 is 1.22 bits per heavy atom. The number of phosphoric acid groups is 1. The summed E-state index contributed by atoms with van der Waals surface area (Å²) in [5, 5.41) is 13.8. The Hall–Kier alpha value is -1.54. The van der Waals surface area contributed by atoms with Crippen molar-refractivity contribution in [1.82, 2.24) is 5.32 Å². The van der Waals surface area contributed by atoms with E-state index in [1.165, 1.54) is 193 Å². The molecule has 0 saturated carbocycles. The molecule has 0 aromatic carbocycles. The van der Waals surface area contributed by atoms with E-state index in [4.69, 9.17) is 9.05 Å². The number of carbonyl (C=O) groups is 1. The minimum absolute atomic E-state index is 0.0535. The summed E-state index contributed by atoms with van der Waals surface area (Å²) in [6.07, 6.45) is 65.2. The lowest BCUT2D eigenvalue weighted by molar-refractivity contribution is -0.870. The van der Waals surface area contributed by atoms with Gasteiger partial charge in [0, 0.05) is 6.42 Å². The zero-order valence-electron chi connectivity index (χ0n) is 44.9. The highest BCUT2D eigenvalue weighted by Crippen LogP contribution is 2.43. The molecular weight excluding hydrogens is 852 g/mol. The van der Waals surface area contributed by atoms with Crippen molar-refractivity contribution in [2.75, 3.05) is 40.9 Å². The monoisotopic (exact) mass is 964 g/mol. The van der Waals surface area contributed by atoms with Crippen LogP contribution in [0.25, 0.3) is 0 Å². The van der Waals surface area contributed by atoms with Gasteiger partial charge in [0.1, 0.15) is 13.2 Å². The maximum Gasteiger partial charge on any atom is 0.472 e. The molecular formula is C58H112N2O6P+. The first-order valence-corrected chi connectivity index (χ1v) is 30.0. The number of quaternary nitrogens is 1. The van der Waals surface area contributed by atoms with Crippen molar-refractivity contribution < 1.29 is 32.9 Å². The van der Waals surface area contributed by atoms with Gasteiger partial charge in [0.15, 0.2) is 0 Å². The SMILES string of the molecule is CCCCC/C=C/CC/C=C/CC/C=C/C(O)C(COP(=O)(O)OCC[N+](C)(C)C)NC(=O)CCCCCCCCCCCCCCCCCC/C=C\CCCCCCCCCCCCCC. The molecule has 0 radical (unpaired) electrons. The third kappa shape index (κ3) is 52.1. The summed E-state index contributed by atoms with van der Waals surface area (Å²) in [5.74, 6) is -0.190. The summed E-state index contributed by atoms with van der Waals surface area (Å²) in [7, 11) is 1.55. The van der Waals surface area contributed by atoms with Crippen LogP contribution in [0.5, 0.6) is 0 Å². The molecule has 394 valence electrons. The number of nitrogens with one attached hydrogen (secondary N) is 1. The number of likely N-dealkylation sites (N-methyl/N-ethyl adjacent to an activating group) is 1. The van der Waals surface area contributed by atoms with Crippen molar-refractivity contribution in [3.63, 3.8) is 0 Å². The van der Waals surface area contributed by atoms with Crippen molar-refractivity contribution in [3.8, 4) is 0 Å². The van der Waals surface area contributed by atoms with Crippen molar-refractivity contribution in [3.05, 3.63) is 48.6 Å². The number of carbonyl (C=O) groups excluding carboxylic acids is 1. The first kappa shape index (κ1) is 65.5. The highest BCUT2D eigenvalue weighted by Gasteiger charge is 2.27. The van der Waals surface area contributed by atoms with E-state index < -0.39 is 20.0 Å². The minimum Gasteiger partial charge on any atom is -0.387 e. The fourth-order valence-electron chi connectivity index (χ4n) is 8.25. The Kier molecular flexibility index (Phi) is 48.3. The maximum absolute atomic E-state index is 12.9. The first-order valence-electron chi connectivity index (χ1n) is 28.5. The highest BCUT2D eigenvalue weighted by molar-refractivity contribution is 7.47. The number of hydrogen-bond donors (Lipinski definition) is 3.